The third-order valence-electron chi connectivity index (χ3n) is 2.73. The van der Waals surface area contributed by atoms with E-state index in [2.05, 4.69) is 41.8 Å². The van der Waals surface area contributed by atoms with Gasteiger partial charge in [-0.05, 0) is 46.3 Å². The van der Waals surface area contributed by atoms with Gasteiger partial charge < -0.3 is 10.7 Å². The first-order chi connectivity index (χ1) is 8.65. The van der Waals surface area contributed by atoms with Gasteiger partial charge in [0, 0.05) is 14.5 Å². The molecule has 90 valence electrons. The number of nitrogen functional groups attached to an aromatic ring is 1. The summed E-state index contributed by atoms with van der Waals surface area (Å²) in [7, 11) is 0. The van der Waals surface area contributed by atoms with Crippen LogP contribution in [0.3, 0.4) is 0 Å². The Hall–Kier alpha value is -1.33. The van der Waals surface area contributed by atoms with E-state index in [0.29, 0.717) is 5.69 Å². The summed E-state index contributed by atoms with van der Waals surface area (Å²) in [5.41, 5.74) is 9.35. The lowest BCUT2D eigenvalue weighted by molar-refractivity contribution is 1.33. The van der Waals surface area contributed by atoms with Crippen molar-refractivity contribution in [1.82, 2.24) is 9.97 Å². The highest BCUT2D eigenvalue weighted by atomic mass is 79.9. The number of hydrogen-bond acceptors (Lipinski definition) is 2. The first-order valence-corrected chi connectivity index (χ1v) is 6.93. The Bertz CT molecular complexity index is 734. The monoisotopic (exact) mass is 365 g/mol. The first kappa shape index (κ1) is 11.7. The van der Waals surface area contributed by atoms with Crippen molar-refractivity contribution in [2.24, 2.45) is 0 Å². The van der Waals surface area contributed by atoms with Crippen LogP contribution in [0.1, 0.15) is 0 Å². The Kier molecular flexibility index (Phi) is 2.87. The normalized spacial score (nSPS) is 11.0. The number of nitrogens with one attached hydrogen (secondary N) is 1. The van der Waals surface area contributed by atoms with Gasteiger partial charge in [-0.2, -0.15) is 0 Å². The fourth-order valence-corrected chi connectivity index (χ4v) is 3.10. The molecule has 1 aromatic heterocycles. The molecule has 3 rings (SSSR count). The molecule has 0 saturated carbocycles. The maximum atomic E-state index is 5.91. The SMILES string of the molecule is Nc1cccc2[nH]c(-c3ccc(Br)cc3Br)nc12. The quantitative estimate of drug-likeness (QED) is 0.629. The zero-order chi connectivity index (χ0) is 12.7. The molecule has 0 amide bonds. The predicted molar refractivity (Wildman–Crippen MR) is 81.3 cm³/mol. The second kappa shape index (κ2) is 4.40. The largest absolute Gasteiger partial charge is 0.397 e. The van der Waals surface area contributed by atoms with Crippen molar-refractivity contribution in [1.29, 1.82) is 0 Å². The fourth-order valence-electron chi connectivity index (χ4n) is 1.86. The second-order valence-corrected chi connectivity index (χ2v) is 5.72. The van der Waals surface area contributed by atoms with Crippen LogP contribution in [-0.4, -0.2) is 9.97 Å². The van der Waals surface area contributed by atoms with Crippen LogP contribution in [0.25, 0.3) is 22.4 Å². The number of aromatic nitrogens is 2. The third kappa shape index (κ3) is 1.93. The molecule has 3 nitrogen and oxygen atoms in total. The molecule has 0 aliphatic rings. The minimum atomic E-state index is 0.684. The van der Waals surface area contributed by atoms with Crippen LogP contribution in [0, 0.1) is 0 Å². The molecule has 0 atom stereocenters. The summed E-state index contributed by atoms with van der Waals surface area (Å²) >= 11 is 6.97. The van der Waals surface area contributed by atoms with Gasteiger partial charge >= 0.3 is 0 Å². The van der Waals surface area contributed by atoms with Crippen LogP contribution in [0.4, 0.5) is 5.69 Å². The lowest BCUT2D eigenvalue weighted by Crippen LogP contribution is -1.85. The molecule has 0 radical (unpaired) electrons. The number of imidazole rings is 1. The molecule has 0 aliphatic carbocycles. The molecule has 1 heterocycles. The van der Waals surface area contributed by atoms with Crippen molar-refractivity contribution in [2.45, 2.75) is 0 Å². The van der Waals surface area contributed by atoms with Gasteiger partial charge in [0.15, 0.2) is 0 Å². The van der Waals surface area contributed by atoms with Gasteiger partial charge in [0.05, 0.1) is 11.2 Å². The van der Waals surface area contributed by atoms with Crippen LogP contribution in [-0.2, 0) is 0 Å². The second-order valence-electron chi connectivity index (χ2n) is 3.95. The van der Waals surface area contributed by atoms with Crippen LogP contribution in [0.15, 0.2) is 45.3 Å². The number of fused-ring (bicyclic) bond motifs is 1. The number of para-hydroxylation sites is 1. The van der Waals surface area contributed by atoms with Gasteiger partial charge in [-0.15, -0.1) is 0 Å². The molecule has 2 aromatic carbocycles. The van der Waals surface area contributed by atoms with Crippen LogP contribution in [0.2, 0.25) is 0 Å². The molecule has 3 aromatic rings. The van der Waals surface area contributed by atoms with E-state index in [1.807, 2.05) is 36.4 Å². The molecular formula is C13H9Br2N3. The number of halogens is 2. The van der Waals surface area contributed by atoms with Crippen molar-refractivity contribution < 1.29 is 0 Å². The van der Waals surface area contributed by atoms with Crippen LogP contribution in [0.5, 0.6) is 0 Å². The number of nitrogens with two attached hydrogens (primary N) is 1. The number of H-pyrrole nitrogens is 1. The Labute approximate surface area is 121 Å². The van der Waals surface area contributed by atoms with E-state index >= 15 is 0 Å². The number of nitrogens with zero attached hydrogens (tertiary/aromatic N) is 1. The minimum absolute atomic E-state index is 0.684. The Morgan fingerprint density at radius 2 is 1.94 bits per heavy atom. The van der Waals surface area contributed by atoms with Crippen molar-refractivity contribution in [2.75, 3.05) is 5.73 Å². The lowest BCUT2D eigenvalue weighted by Gasteiger charge is -2.00. The minimum Gasteiger partial charge on any atom is -0.397 e. The van der Waals surface area contributed by atoms with Crippen molar-refractivity contribution in [3.63, 3.8) is 0 Å². The average molecular weight is 367 g/mol. The summed E-state index contributed by atoms with van der Waals surface area (Å²) in [5, 5.41) is 0. The standard InChI is InChI=1S/C13H9Br2N3/c14-7-4-5-8(9(15)6-7)13-17-11-3-1-2-10(16)12(11)18-13/h1-6H,16H2,(H,17,18). The van der Waals surface area contributed by atoms with Gasteiger partial charge in [-0.25, -0.2) is 4.98 Å². The van der Waals surface area contributed by atoms with Crippen LogP contribution < -0.4 is 5.73 Å². The zero-order valence-corrected chi connectivity index (χ0v) is 12.4. The van der Waals surface area contributed by atoms with Crippen molar-refractivity contribution in [3.8, 4) is 11.4 Å². The number of rotatable bonds is 1. The van der Waals surface area contributed by atoms with Gasteiger partial charge in [0.2, 0.25) is 0 Å². The molecule has 0 bridgehead atoms. The van der Waals surface area contributed by atoms with E-state index in [9.17, 15) is 0 Å². The highest BCUT2D eigenvalue weighted by Crippen LogP contribution is 2.31. The summed E-state index contributed by atoms with van der Waals surface area (Å²) in [5.74, 6) is 0.808. The Morgan fingerprint density at radius 1 is 1.11 bits per heavy atom. The summed E-state index contributed by atoms with van der Waals surface area (Å²) in [6.45, 7) is 0. The molecule has 18 heavy (non-hydrogen) atoms. The Morgan fingerprint density at radius 3 is 2.67 bits per heavy atom. The van der Waals surface area contributed by atoms with Gasteiger partial charge in [-0.1, -0.05) is 22.0 Å². The fraction of sp³-hybridized carbons (Fsp3) is 0. The maximum Gasteiger partial charge on any atom is 0.139 e. The summed E-state index contributed by atoms with van der Waals surface area (Å²) < 4.78 is 2.00. The summed E-state index contributed by atoms with van der Waals surface area (Å²) in [6.07, 6.45) is 0. The molecule has 0 unspecified atom stereocenters. The Balaban J connectivity index is 2.23. The number of anilines is 1. The molecule has 0 saturated heterocycles. The van der Waals surface area contributed by atoms with E-state index in [0.717, 1.165) is 31.4 Å². The molecule has 0 aliphatic heterocycles. The van der Waals surface area contributed by atoms with Gasteiger partial charge in [0.1, 0.15) is 11.3 Å². The zero-order valence-electron chi connectivity index (χ0n) is 9.24. The van der Waals surface area contributed by atoms with E-state index in [1.54, 1.807) is 0 Å². The van der Waals surface area contributed by atoms with Crippen molar-refractivity contribution in [3.05, 3.63) is 45.3 Å². The van der Waals surface area contributed by atoms with Gasteiger partial charge in [-0.3, -0.25) is 0 Å². The van der Waals surface area contributed by atoms with Crippen LogP contribution >= 0.6 is 31.9 Å². The number of benzene rings is 2. The van der Waals surface area contributed by atoms with E-state index in [-0.39, 0.29) is 0 Å². The molecule has 3 N–H and O–H groups in total. The lowest BCUT2D eigenvalue weighted by atomic mass is 10.2. The molecule has 0 fully saturated rings. The van der Waals surface area contributed by atoms with Gasteiger partial charge in [0.25, 0.3) is 0 Å². The van der Waals surface area contributed by atoms with E-state index < -0.39 is 0 Å². The highest BCUT2D eigenvalue weighted by molar-refractivity contribution is 9.11. The van der Waals surface area contributed by atoms with E-state index in [1.165, 1.54) is 0 Å². The average Bonchev–Trinajstić information content (AvgIpc) is 2.74. The first-order valence-electron chi connectivity index (χ1n) is 5.35. The molecular weight excluding hydrogens is 358 g/mol. The van der Waals surface area contributed by atoms with Crippen molar-refractivity contribution >= 4 is 48.6 Å². The molecule has 0 spiro atoms. The number of hydrogen-bond donors (Lipinski definition) is 2. The topological polar surface area (TPSA) is 54.7 Å². The third-order valence-corrected chi connectivity index (χ3v) is 3.88. The summed E-state index contributed by atoms with van der Waals surface area (Å²) in [4.78, 5) is 7.82. The predicted octanol–water partition coefficient (Wildman–Crippen LogP) is 4.34. The smallest absolute Gasteiger partial charge is 0.139 e. The highest BCUT2D eigenvalue weighted by Gasteiger charge is 2.10. The number of aromatic amines is 1. The van der Waals surface area contributed by atoms with E-state index in [4.69, 9.17) is 5.73 Å². The summed E-state index contributed by atoms with van der Waals surface area (Å²) in [6, 6.07) is 11.7. The maximum absolute atomic E-state index is 5.91. The molecule has 5 heteroatoms.